The highest BCUT2D eigenvalue weighted by Gasteiger charge is 2.17. The quantitative estimate of drug-likeness (QED) is 0.458. The molecule has 4 aromatic rings. The van der Waals surface area contributed by atoms with E-state index in [0.29, 0.717) is 17.5 Å². The van der Waals surface area contributed by atoms with Gasteiger partial charge in [-0.2, -0.15) is 4.98 Å². The van der Waals surface area contributed by atoms with Gasteiger partial charge in [-0.15, -0.1) is 0 Å². The van der Waals surface area contributed by atoms with Crippen molar-refractivity contribution >= 4 is 0 Å². The molecule has 0 atom stereocenters. The summed E-state index contributed by atoms with van der Waals surface area (Å²) in [7, 11) is 0. The van der Waals surface area contributed by atoms with Crippen molar-refractivity contribution in [3.8, 4) is 28.5 Å². The van der Waals surface area contributed by atoms with Gasteiger partial charge in [0.25, 0.3) is 5.89 Å². The summed E-state index contributed by atoms with van der Waals surface area (Å²) in [4.78, 5) is 15.0. The maximum absolute atomic E-state index is 6.08. The van der Waals surface area contributed by atoms with Crippen molar-refractivity contribution in [1.82, 2.24) is 25.0 Å². The zero-order chi connectivity index (χ0) is 20.2. The van der Waals surface area contributed by atoms with Gasteiger partial charge in [0.1, 0.15) is 12.1 Å². The lowest BCUT2D eigenvalue weighted by Crippen LogP contribution is -2.19. The summed E-state index contributed by atoms with van der Waals surface area (Å²) in [6.45, 7) is 3.26. The van der Waals surface area contributed by atoms with E-state index in [0.717, 1.165) is 42.1 Å². The Labute approximate surface area is 173 Å². The number of nitrogens with zero attached hydrogens (tertiary/aromatic N) is 5. The van der Waals surface area contributed by atoms with Gasteiger partial charge in [0.05, 0.1) is 6.26 Å². The highest BCUT2D eigenvalue weighted by atomic mass is 16.5. The Bertz CT molecular complexity index is 1090. The van der Waals surface area contributed by atoms with Gasteiger partial charge in [-0.05, 0) is 55.8 Å². The molecule has 152 valence electrons. The van der Waals surface area contributed by atoms with Crippen LogP contribution in [0.4, 0.5) is 0 Å². The van der Waals surface area contributed by atoms with Gasteiger partial charge in [0, 0.05) is 30.1 Å². The molecule has 3 aromatic heterocycles. The fourth-order valence-corrected chi connectivity index (χ4v) is 3.61. The smallest absolute Gasteiger partial charge is 0.293 e. The number of likely N-dealkylation sites (tertiary alicyclic amines) is 1. The SMILES string of the molecule is c1coc(-c2nc(COc3ccc(-c4cncnc4)cc3CN3CCCC3)no2)c1. The molecule has 4 heterocycles. The molecule has 5 rings (SSSR count). The molecule has 30 heavy (non-hydrogen) atoms. The Morgan fingerprint density at radius 2 is 1.90 bits per heavy atom. The monoisotopic (exact) mass is 403 g/mol. The van der Waals surface area contributed by atoms with Crippen molar-refractivity contribution in [2.45, 2.75) is 26.0 Å². The zero-order valence-electron chi connectivity index (χ0n) is 16.4. The van der Waals surface area contributed by atoms with Crippen LogP contribution in [0.5, 0.6) is 5.75 Å². The molecule has 1 fully saturated rings. The second kappa shape index (κ2) is 8.46. The summed E-state index contributed by atoms with van der Waals surface area (Å²) in [5, 5.41) is 3.99. The summed E-state index contributed by atoms with van der Waals surface area (Å²) in [5.41, 5.74) is 3.16. The lowest BCUT2D eigenvalue weighted by atomic mass is 10.0. The molecular formula is C22H21N5O3. The number of ether oxygens (including phenoxy) is 1. The Hall–Kier alpha value is -3.52. The number of aromatic nitrogens is 4. The highest BCUT2D eigenvalue weighted by molar-refractivity contribution is 5.64. The van der Waals surface area contributed by atoms with Crippen LogP contribution >= 0.6 is 0 Å². The molecule has 1 aliphatic heterocycles. The molecule has 0 N–H and O–H groups in total. The van der Waals surface area contributed by atoms with Gasteiger partial charge in [-0.1, -0.05) is 11.2 Å². The number of hydrogen-bond acceptors (Lipinski definition) is 8. The molecule has 0 aliphatic carbocycles. The third-order valence-corrected chi connectivity index (χ3v) is 5.10. The molecule has 1 aliphatic rings. The number of hydrogen-bond donors (Lipinski definition) is 0. The molecular weight excluding hydrogens is 382 g/mol. The lowest BCUT2D eigenvalue weighted by molar-refractivity contribution is 0.273. The third kappa shape index (κ3) is 4.08. The standard InChI is InChI=1S/C22H21N5O3/c1-2-8-27(7-1)13-17-10-16(18-11-23-15-24-12-18)5-6-19(17)29-14-21-25-22(30-26-21)20-4-3-9-28-20/h3-6,9-12,15H,1-2,7-8,13-14H2. The molecule has 1 aromatic carbocycles. The second-order valence-corrected chi connectivity index (χ2v) is 7.21. The maximum atomic E-state index is 6.08. The maximum Gasteiger partial charge on any atom is 0.293 e. The van der Waals surface area contributed by atoms with Crippen molar-refractivity contribution in [2.75, 3.05) is 13.1 Å². The van der Waals surface area contributed by atoms with Gasteiger partial charge in [0.2, 0.25) is 5.82 Å². The highest BCUT2D eigenvalue weighted by Crippen LogP contribution is 2.29. The van der Waals surface area contributed by atoms with E-state index in [1.54, 1.807) is 18.4 Å². The van der Waals surface area contributed by atoms with E-state index < -0.39 is 0 Å². The van der Waals surface area contributed by atoms with Gasteiger partial charge in [-0.3, -0.25) is 4.90 Å². The van der Waals surface area contributed by atoms with Crippen molar-refractivity contribution < 1.29 is 13.7 Å². The first kappa shape index (κ1) is 18.5. The molecule has 0 bridgehead atoms. The molecule has 0 spiro atoms. The Morgan fingerprint density at radius 1 is 1.03 bits per heavy atom. The minimum atomic E-state index is 0.213. The number of rotatable bonds is 7. The van der Waals surface area contributed by atoms with E-state index in [2.05, 4.69) is 31.1 Å². The van der Waals surface area contributed by atoms with Crippen LogP contribution in [0.3, 0.4) is 0 Å². The first-order chi connectivity index (χ1) is 14.8. The Balaban J connectivity index is 1.36. The van der Waals surface area contributed by atoms with Crippen molar-refractivity contribution in [1.29, 1.82) is 0 Å². The Morgan fingerprint density at radius 3 is 2.70 bits per heavy atom. The molecule has 0 amide bonds. The van der Waals surface area contributed by atoms with Crippen LogP contribution in [-0.4, -0.2) is 38.1 Å². The average Bonchev–Trinajstić information content (AvgIpc) is 3.56. The first-order valence-corrected chi connectivity index (χ1v) is 9.95. The molecule has 8 heteroatoms. The Kier molecular flexibility index (Phi) is 5.22. The minimum Gasteiger partial charge on any atom is -0.485 e. The van der Waals surface area contributed by atoms with Gasteiger partial charge in [-0.25, -0.2) is 9.97 Å². The first-order valence-electron chi connectivity index (χ1n) is 9.95. The topological polar surface area (TPSA) is 90.3 Å². The summed E-state index contributed by atoms with van der Waals surface area (Å²) in [6, 6.07) is 9.71. The largest absolute Gasteiger partial charge is 0.485 e. The van der Waals surface area contributed by atoms with Gasteiger partial charge >= 0.3 is 0 Å². The lowest BCUT2D eigenvalue weighted by Gasteiger charge is -2.18. The van der Waals surface area contributed by atoms with E-state index >= 15 is 0 Å². The van der Waals surface area contributed by atoms with E-state index in [1.807, 2.05) is 24.5 Å². The van der Waals surface area contributed by atoms with Crippen LogP contribution in [0.25, 0.3) is 22.8 Å². The molecule has 1 saturated heterocycles. The fourth-order valence-electron chi connectivity index (χ4n) is 3.61. The van der Waals surface area contributed by atoms with Crippen molar-refractivity contribution in [2.24, 2.45) is 0 Å². The summed E-state index contributed by atoms with van der Waals surface area (Å²) < 4.78 is 16.6. The van der Waals surface area contributed by atoms with Crippen LogP contribution in [0.15, 0.2) is 64.3 Å². The molecule has 0 saturated carbocycles. The normalized spacial score (nSPS) is 14.3. The van der Waals surface area contributed by atoms with Crippen molar-refractivity contribution in [3.63, 3.8) is 0 Å². The van der Waals surface area contributed by atoms with E-state index in [9.17, 15) is 0 Å². The van der Waals surface area contributed by atoms with Gasteiger partial charge in [0.15, 0.2) is 12.4 Å². The van der Waals surface area contributed by atoms with Crippen LogP contribution < -0.4 is 4.74 Å². The fraction of sp³-hybridized carbons (Fsp3) is 0.273. The van der Waals surface area contributed by atoms with Crippen LogP contribution in [-0.2, 0) is 13.2 Å². The molecule has 0 radical (unpaired) electrons. The average molecular weight is 403 g/mol. The molecule has 8 nitrogen and oxygen atoms in total. The van der Waals surface area contributed by atoms with Crippen molar-refractivity contribution in [3.05, 3.63) is 66.7 Å². The van der Waals surface area contributed by atoms with E-state index in [1.165, 1.54) is 19.2 Å². The summed E-state index contributed by atoms with van der Waals surface area (Å²) >= 11 is 0. The summed E-state index contributed by atoms with van der Waals surface area (Å²) in [6.07, 6.45) is 9.21. The summed E-state index contributed by atoms with van der Waals surface area (Å²) in [5.74, 6) is 2.16. The van der Waals surface area contributed by atoms with E-state index in [4.69, 9.17) is 13.7 Å². The predicted molar refractivity (Wildman–Crippen MR) is 108 cm³/mol. The van der Waals surface area contributed by atoms with Crippen LogP contribution in [0, 0.1) is 0 Å². The minimum absolute atomic E-state index is 0.213. The predicted octanol–water partition coefficient (Wildman–Crippen LogP) is 3.96. The van der Waals surface area contributed by atoms with Crippen LogP contribution in [0.2, 0.25) is 0 Å². The third-order valence-electron chi connectivity index (χ3n) is 5.10. The van der Waals surface area contributed by atoms with Gasteiger partial charge < -0.3 is 13.7 Å². The molecule has 0 unspecified atom stereocenters. The zero-order valence-corrected chi connectivity index (χ0v) is 16.4. The van der Waals surface area contributed by atoms with Crippen LogP contribution in [0.1, 0.15) is 24.2 Å². The number of benzene rings is 1. The van der Waals surface area contributed by atoms with E-state index in [-0.39, 0.29) is 6.61 Å². The number of furan rings is 1. The second-order valence-electron chi connectivity index (χ2n) is 7.21.